The zero-order valence-electron chi connectivity index (χ0n) is 9.33. The van der Waals surface area contributed by atoms with E-state index in [2.05, 4.69) is 10.3 Å². The van der Waals surface area contributed by atoms with Gasteiger partial charge in [-0.05, 0) is 19.4 Å². The van der Waals surface area contributed by atoms with Gasteiger partial charge in [-0.2, -0.15) is 0 Å². The smallest absolute Gasteiger partial charge is 0.338 e. The minimum Gasteiger partial charge on any atom is -0.478 e. The number of rotatable bonds is 5. The third-order valence-corrected chi connectivity index (χ3v) is 2.22. The van der Waals surface area contributed by atoms with Gasteiger partial charge in [0.1, 0.15) is 5.56 Å². The number of nitrogens with zero attached hydrogens (tertiary/aromatic N) is 1. The summed E-state index contributed by atoms with van der Waals surface area (Å²) in [6, 6.07) is 1.21. The fourth-order valence-electron chi connectivity index (χ4n) is 1.45. The van der Waals surface area contributed by atoms with E-state index in [1.807, 2.05) is 13.8 Å². The first-order valence-corrected chi connectivity index (χ1v) is 5.20. The van der Waals surface area contributed by atoms with Gasteiger partial charge >= 0.3 is 5.97 Å². The molecule has 0 aromatic carbocycles. The molecule has 0 radical (unpaired) electrons. The summed E-state index contributed by atoms with van der Waals surface area (Å²) in [4.78, 5) is 14.5. The lowest BCUT2D eigenvalue weighted by atomic mass is 10.2. The molecule has 1 aromatic rings. The number of hydrogen-bond donors (Lipinski definition) is 2. The monoisotopic (exact) mass is 226 g/mol. The molecule has 4 nitrogen and oxygen atoms in total. The molecule has 1 heterocycles. The average Bonchev–Trinajstić information content (AvgIpc) is 2.21. The summed E-state index contributed by atoms with van der Waals surface area (Å²) in [5.74, 6) is -2.09. The molecule has 2 N–H and O–H groups in total. The molecule has 0 fully saturated rings. The van der Waals surface area contributed by atoms with Crippen molar-refractivity contribution < 1.29 is 14.3 Å². The minimum atomic E-state index is -1.29. The van der Waals surface area contributed by atoms with E-state index in [1.54, 1.807) is 0 Å². The Hall–Kier alpha value is -1.65. The van der Waals surface area contributed by atoms with E-state index < -0.39 is 11.8 Å². The van der Waals surface area contributed by atoms with Crippen LogP contribution in [0.15, 0.2) is 12.3 Å². The molecule has 1 rings (SSSR count). The van der Waals surface area contributed by atoms with E-state index in [9.17, 15) is 9.18 Å². The number of aromatic nitrogens is 1. The van der Waals surface area contributed by atoms with Crippen LogP contribution in [0, 0.1) is 5.82 Å². The van der Waals surface area contributed by atoms with Gasteiger partial charge in [-0.1, -0.05) is 13.3 Å². The molecule has 0 saturated carbocycles. The summed E-state index contributed by atoms with van der Waals surface area (Å²) >= 11 is 0. The number of pyridine rings is 1. The first kappa shape index (κ1) is 12.4. The van der Waals surface area contributed by atoms with Crippen LogP contribution in [0.4, 0.5) is 10.2 Å². The van der Waals surface area contributed by atoms with Crippen LogP contribution in [0.25, 0.3) is 0 Å². The second kappa shape index (κ2) is 5.44. The van der Waals surface area contributed by atoms with Crippen molar-refractivity contribution in [3.05, 3.63) is 23.6 Å². The number of hydrogen-bond acceptors (Lipinski definition) is 3. The van der Waals surface area contributed by atoms with E-state index in [0.29, 0.717) is 0 Å². The molecule has 0 aliphatic carbocycles. The molecule has 0 amide bonds. The second-order valence-corrected chi connectivity index (χ2v) is 3.66. The fraction of sp³-hybridized carbons (Fsp3) is 0.455. The Morgan fingerprint density at radius 2 is 2.38 bits per heavy atom. The highest BCUT2D eigenvalue weighted by atomic mass is 19.1. The molecule has 1 unspecified atom stereocenters. The molecule has 16 heavy (non-hydrogen) atoms. The highest BCUT2D eigenvalue weighted by Gasteiger charge is 2.15. The molecule has 0 aliphatic heterocycles. The largest absolute Gasteiger partial charge is 0.478 e. The van der Waals surface area contributed by atoms with Crippen LogP contribution in [0.2, 0.25) is 0 Å². The SMILES string of the molecule is CCCC(C)Nc1nccc(C(=O)O)c1F. The van der Waals surface area contributed by atoms with Crippen molar-refractivity contribution >= 4 is 11.8 Å². The predicted octanol–water partition coefficient (Wildman–Crippen LogP) is 2.52. The molecule has 1 aromatic heterocycles. The van der Waals surface area contributed by atoms with Gasteiger partial charge in [-0.15, -0.1) is 0 Å². The maximum Gasteiger partial charge on any atom is 0.338 e. The lowest BCUT2D eigenvalue weighted by Crippen LogP contribution is -2.17. The third kappa shape index (κ3) is 2.92. The predicted molar refractivity (Wildman–Crippen MR) is 59.1 cm³/mol. The number of anilines is 1. The van der Waals surface area contributed by atoms with Crippen molar-refractivity contribution in [2.24, 2.45) is 0 Å². The summed E-state index contributed by atoms with van der Waals surface area (Å²) in [6.45, 7) is 3.92. The minimum absolute atomic E-state index is 0.000787. The van der Waals surface area contributed by atoms with Gasteiger partial charge in [0, 0.05) is 12.2 Å². The van der Waals surface area contributed by atoms with Crippen molar-refractivity contribution in [3.8, 4) is 0 Å². The molecule has 5 heteroatoms. The standard InChI is InChI=1S/C11H15FN2O2/c1-3-4-7(2)14-10-9(12)8(11(15)16)5-6-13-10/h5-7H,3-4H2,1-2H3,(H,13,14)(H,15,16). The van der Waals surface area contributed by atoms with Crippen LogP contribution in [-0.4, -0.2) is 22.1 Å². The second-order valence-electron chi connectivity index (χ2n) is 3.66. The van der Waals surface area contributed by atoms with Crippen LogP contribution < -0.4 is 5.32 Å². The van der Waals surface area contributed by atoms with E-state index in [4.69, 9.17) is 5.11 Å². The fourth-order valence-corrected chi connectivity index (χ4v) is 1.45. The van der Waals surface area contributed by atoms with Crippen molar-refractivity contribution in [1.82, 2.24) is 4.98 Å². The first-order chi connectivity index (χ1) is 7.56. The van der Waals surface area contributed by atoms with E-state index in [-0.39, 0.29) is 17.4 Å². The maximum atomic E-state index is 13.6. The summed E-state index contributed by atoms with van der Waals surface area (Å²) in [5, 5.41) is 11.6. The van der Waals surface area contributed by atoms with E-state index in [1.165, 1.54) is 6.20 Å². The summed E-state index contributed by atoms with van der Waals surface area (Å²) in [5.41, 5.74) is -0.360. The zero-order valence-corrected chi connectivity index (χ0v) is 9.33. The molecule has 0 spiro atoms. The molecular formula is C11H15FN2O2. The summed E-state index contributed by atoms with van der Waals surface area (Å²) < 4.78 is 13.6. The van der Waals surface area contributed by atoms with Crippen molar-refractivity contribution in [1.29, 1.82) is 0 Å². The highest BCUT2D eigenvalue weighted by molar-refractivity contribution is 5.88. The summed E-state index contributed by atoms with van der Waals surface area (Å²) in [6.07, 6.45) is 3.13. The van der Waals surface area contributed by atoms with Gasteiger partial charge < -0.3 is 10.4 Å². The third-order valence-electron chi connectivity index (χ3n) is 2.22. The van der Waals surface area contributed by atoms with Gasteiger partial charge in [0.25, 0.3) is 0 Å². The van der Waals surface area contributed by atoms with Crippen molar-refractivity contribution in [2.75, 3.05) is 5.32 Å². The molecule has 1 atom stereocenters. The van der Waals surface area contributed by atoms with E-state index >= 15 is 0 Å². The highest BCUT2D eigenvalue weighted by Crippen LogP contribution is 2.16. The Morgan fingerprint density at radius 1 is 1.69 bits per heavy atom. The molecule has 0 saturated heterocycles. The van der Waals surface area contributed by atoms with Crippen molar-refractivity contribution in [3.63, 3.8) is 0 Å². The van der Waals surface area contributed by atoms with E-state index in [0.717, 1.165) is 18.9 Å². The average molecular weight is 226 g/mol. The quantitative estimate of drug-likeness (QED) is 0.809. The topological polar surface area (TPSA) is 62.2 Å². The van der Waals surface area contributed by atoms with Crippen LogP contribution in [-0.2, 0) is 0 Å². The van der Waals surface area contributed by atoms with Crippen LogP contribution >= 0.6 is 0 Å². The summed E-state index contributed by atoms with van der Waals surface area (Å²) in [7, 11) is 0. The lowest BCUT2D eigenvalue weighted by Gasteiger charge is -2.14. The van der Waals surface area contributed by atoms with Crippen molar-refractivity contribution in [2.45, 2.75) is 32.7 Å². The Labute approximate surface area is 93.5 Å². The number of halogens is 1. The van der Waals surface area contributed by atoms with Gasteiger partial charge in [-0.3, -0.25) is 0 Å². The van der Waals surface area contributed by atoms with Crippen LogP contribution in [0.3, 0.4) is 0 Å². The number of carbonyl (C=O) groups is 1. The van der Waals surface area contributed by atoms with Gasteiger partial charge in [-0.25, -0.2) is 14.2 Å². The maximum absolute atomic E-state index is 13.6. The lowest BCUT2D eigenvalue weighted by molar-refractivity contribution is 0.0692. The molecule has 0 bridgehead atoms. The Balaban J connectivity index is 2.89. The first-order valence-electron chi connectivity index (χ1n) is 5.20. The molecule has 0 aliphatic rings. The zero-order chi connectivity index (χ0) is 12.1. The molecular weight excluding hydrogens is 211 g/mol. The van der Waals surface area contributed by atoms with Crippen LogP contribution in [0.1, 0.15) is 37.0 Å². The number of carboxylic acid groups (broad SMARTS) is 1. The Kier molecular flexibility index (Phi) is 4.22. The van der Waals surface area contributed by atoms with Crippen LogP contribution in [0.5, 0.6) is 0 Å². The van der Waals surface area contributed by atoms with Gasteiger partial charge in [0.05, 0.1) is 0 Å². The normalized spacial score (nSPS) is 12.2. The number of aromatic carboxylic acids is 1. The van der Waals surface area contributed by atoms with Gasteiger partial charge in [0.2, 0.25) is 0 Å². The number of nitrogens with one attached hydrogen (secondary N) is 1. The number of carboxylic acids is 1. The van der Waals surface area contributed by atoms with Gasteiger partial charge in [0.15, 0.2) is 11.6 Å². The Morgan fingerprint density at radius 3 is 2.94 bits per heavy atom. The molecule has 88 valence electrons. The Bertz CT molecular complexity index is 382.